The lowest BCUT2D eigenvalue weighted by molar-refractivity contribution is 0.813. The molecule has 2 rings (SSSR count). The highest BCUT2D eigenvalue weighted by Gasteiger charge is 2.06. The summed E-state index contributed by atoms with van der Waals surface area (Å²) in [6.07, 6.45) is 1.93. The first-order valence-corrected chi connectivity index (χ1v) is 7.25. The third-order valence-electron chi connectivity index (χ3n) is 2.89. The topological polar surface area (TPSA) is 16.1 Å². The third-order valence-corrected chi connectivity index (χ3v) is 3.53. The summed E-state index contributed by atoms with van der Waals surface area (Å²) in [5.41, 5.74) is 2.51. The number of anilines is 1. The van der Waals surface area contributed by atoms with Crippen LogP contribution in [0.15, 0.2) is 48.7 Å². The first-order chi connectivity index (χ1) is 8.83. The van der Waals surface area contributed by atoms with E-state index in [4.69, 9.17) is 0 Å². The van der Waals surface area contributed by atoms with Gasteiger partial charge in [-0.15, -0.1) is 0 Å². The second-order valence-corrected chi connectivity index (χ2v) is 4.72. The number of alkyl halides is 1. The molecule has 0 spiro atoms. The minimum absolute atomic E-state index is 0.852. The minimum Gasteiger partial charge on any atom is -0.353 e. The van der Waals surface area contributed by atoms with E-state index in [2.05, 4.69) is 69.1 Å². The molecule has 2 aromatic rings. The Bertz CT molecular complexity index is 468. The molecule has 0 saturated carbocycles. The molecule has 0 aliphatic carbocycles. The van der Waals surface area contributed by atoms with E-state index < -0.39 is 0 Å². The van der Waals surface area contributed by atoms with Gasteiger partial charge in [-0.1, -0.05) is 52.3 Å². The average molecular weight is 305 g/mol. The summed E-state index contributed by atoms with van der Waals surface area (Å²) in [5.74, 6) is 1.03. The minimum atomic E-state index is 0.852. The predicted molar refractivity (Wildman–Crippen MR) is 80.0 cm³/mol. The maximum Gasteiger partial charge on any atom is 0.128 e. The molecule has 1 aromatic heterocycles. The zero-order valence-corrected chi connectivity index (χ0v) is 12.1. The van der Waals surface area contributed by atoms with E-state index in [1.807, 2.05) is 12.3 Å². The van der Waals surface area contributed by atoms with E-state index in [0.29, 0.717) is 0 Å². The molecule has 0 fully saturated rings. The highest BCUT2D eigenvalue weighted by atomic mass is 79.9. The summed E-state index contributed by atoms with van der Waals surface area (Å²) in [6, 6.07) is 14.7. The molecule has 1 aromatic carbocycles. The molecule has 0 radical (unpaired) electrons. The van der Waals surface area contributed by atoms with Crippen LogP contribution < -0.4 is 4.90 Å². The van der Waals surface area contributed by atoms with Crippen LogP contribution in [-0.2, 0) is 11.9 Å². The van der Waals surface area contributed by atoms with Crippen LogP contribution in [0, 0.1) is 0 Å². The van der Waals surface area contributed by atoms with Gasteiger partial charge < -0.3 is 4.90 Å². The van der Waals surface area contributed by atoms with Crippen LogP contribution in [0.1, 0.15) is 18.1 Å². The number of nitrogens with zero attached hydrogens (tertiary/aromatic N) is 2. The Morgan fingerprint density at radius 2 is 1.83 bits per heavy atom. The first kappa shape index (κ1) is 13.1. The van der Waals surface area contributed by atoms with Gasteiger partial charge in [0, 0.05) is 24.6 Å². The number of pyridine rings is 1. The van der Waals surface area contributed by atoms with Crippen molar-refractivity contribution in [2.24, 2.45) is 0 Å². The Kier molecular flexibility index (Phi) is 4.76. The molecule has 3 heteroatoms. The fourth-order valence-corrected chi connectivity index (χ4v) is 2.17. The van der Waals surface area contributed by atoms with Crippen molar-refractivity contribution in [1.82, 2.24) is 4.98 Å². The van der Waals surface area contributed by atoms with Gasteiger partial charge in [0.15, 0.2) is 0 Å². The molecular formula is C15H17BrN2. The number of benzene rings is 1. The predicted octanol–water partition coefficient (Wildman–Crippen LogP) is 4.00. The van der Waals surface area contributed by atoms with Gasteiger partial charge in [-0.05, 0) is 24.1 Å². The highest BCUT2D eigenvalue weighted by Crippen LogP contribution is 2.15. The van der Waals surface area contributed by atoms with E-state index >= 15 is 0 Å². The molecule has 18 heavy (non-hydrogen) atoms. The van der Waals surface area contributed by atoms with Crippen molar-refractivity contribution in [3.05, 3.63) is 59.8 Å². The van der Waals surface area contributed by atoms with Gasteiger partial charge >= 0.3 is 0 Å². The lowest BCUT2D eigenvalue weighted by Gasteiger charge is -2.22. The Labute approximate surface area is 117 Å². The van der Waals surface area contributed by atoms with Crippen molar-refractivity contribution in [2.75, 3.05) is 11.4 Å². The SMILES string of the molecule is CCN(Cc1ccccc1)c1ccc(CBr)cn1. The van der Waals surface area contributed by atoms with Crippen LogP contribution in [0.3, 0.4) is 0 Å². The maximum atomic E-state index is 4.51. The van der Waals surface area contributed by atoms with Gasteiger partial charge in [0.1, 0.15) is 5.82 Å². The molecule has 2 nitrogen and oxygen atoms in total. The number of hydrogen-bond acceptors (Lipinski definition) is 2. The lowest BCUT2D eigenvalue weighted by atomic mass is 10.2. The molecule has 0 amide bonds. The van der Waals surface area contributed by atoms with Crippen LogP contribution >= 0.6 is 15.9 Å². The van der Waals surface area contributed by atoms with E-state index in [9.17, 15) is 0 Å². The second kappa shape index (κ2) is 6.55. The van der Waals surface area contributed by atoms with Crippen molar-refractivity contribution in [3.63, 3.8) is 0 Å². The van der Waals surface area contributed by atoms with Gasteiger partial charge in [0.05, 0.1) is 0 Å². The standard InChI is InChI=1S/C15H17BrN2/c1-2-18(12-13-6-4-3-5-7-13)15-9-8-14(10-16)11-17-15/h3-9,11H,2,10,12H2,1H3. The van der Waals surface area contributed by atoms with Crippen molar-refractivity contribution in [1.29, 1.82) is 0 Å². The highest BCUT2D eigenvalue weighted by molar-refractivity contribution is 9.08. The maximum absolute atomic E-state index is 4.51. The van der Waals surface area contributed by atoms with Crippen molar-refractivity contribution in [2.45, 2.75) is 18.8 Å². The van der Waals surface area contributed by atoms with E-state index in [0.717, 1.165) is 24.2 Å². The zero-order chi connectivity index (χ0) is 12.8. The zero-order valence-electron chi connectivity index (χ0n) is 10.5. The molecule has 0 saturated heterocycles. The van der Waals surface area contributed by atoms with Crippen LogP contribution in [0.5, 0.6) is 0 Å². The quantitative estimate of drug-likeness (QED) is 0.776. The Hall–Kier alpha value is -1.35. The number of halogens is 1. The monoisotopic (exact) mass is 304 g/mol. The summed E-state index contributed by atoms with van der Waals surface area (Å²) in [7, 11) is 0. The number of aromatic nitrogens is 1. The fraction of sp³-hybridized carbons (Fsp3) is 0.267. The van der Waals surface area contributed by atoms with Gasteiger partial charge in [-0.3, -0.25) is 0 Å². The largest absolute Gasteiger partial charge is 0.353 e. The number of hydrogen-bond donors (Lipinski definition) is 0. The Morgan fingerprint density at radius 3 is 2.39 bits per heavy atom. The van der Waals surface area contributed by atoms with E-state index in [-0.39, 0.29) is 0 Å². The van der Waals surface area contributed by atoms with Crippen LogP contribution in [0.2, 0.25) is 0 Å². The lowest BCUT2D eigenvalue weighted by Crippen LogP contribution is -2.22. The summed E-state index contributed by atoms with van der Waals surface area (Å²) in [5, 5.41) is 0.852. The summed E-state index contributed by atoms with van der Waals surface area (Å²) in [4.78, 5) is 6.78. The third kappa shape index (κ3) is 3.33. The smallest absolute Gasteiger partial charge is 0.128 e. The van der Waals surface area contributed by atoms with E-state index in [1.54, 1.807) is 0 Å². The number of rotatable bonds is 5. The summed E-state index contributed by atoms with van der Waals surface area (Å²) >= 11 is 3.44. The molecular weight excluding hydrogens is 288 g/mol. The molecule has 0 aliphatic rings. The molecule has 0 atom stereocenters. The molecule has 0 unspecified atom stereocenters. The Balaban J connectivity index is 2.12. The molecule has 0 N–H and O–H groups in total. The summed E-state index contributed by atoms with van der Waals surface area (Å²) < 4.78 is 0. The molecule has 1 heterocycles. The van der Waals surface area contributed by atoms with Gasteiger partial charge in [0.25, 0.3) is 0 Å². The molecule has 0 bridgehead atoms. The van der Waals surface area contributed by atoms with Gasteiger partial charge in [-0.2, -0.15) is 0 Å². The first-order valence-electron chi connectivity index (χ1n) is 6.13. The van der Waals surface area contributed by atoms with E-state index in [1.165, 1.54) is 11.1 Å². The van der Waals surface area contributed by atoms with Crippen molar-refractivity contribution in [3.8, 4) is 0 Å². The van der Waals surface area contributed by atoms with Crippen LogP contribution in [-0.4, -0.2) is 11.5 Å². The van der Waals surface area contributed by atoms with Gasteiger partial charge in [0.2, 0.25) is 0 Å². The summed E-state index contributed by atoms with van der Waals surface area (Å²) in [6.45, 7) is 4.01. The molecule has 94 valence electrons. The van der Waals surface area contributed by atoms with Crippen molar-refractivity contribution >= 4 is 21.7 Å². The Morgan fingerprint density at radius 1 is 1.06 bits per heavy atom. The average Bonchev–Trinajstić information content (AvgIpc) is 2.46. The molecule has 0 aliphatic heterocycles. The van der Waals surface area contributed by atoms with Crippen molar-refractivity contribution < 1.29 is 0 Å². The van der Waals surface area contributed by atoms with Gasteiger partial charge in [-0.25, -0.2) is 4.98 Å². The normalized spacial score (nSPS) is 10.3. The fourth-order valence-electron chi connectivity index (χ4n) is 1.84. The van der Waals surface area contributed by atoms with Crippen LogP contribution in [0.4, 0.5) is 5.82 Å². The second-order valence-electron chi connectivity index (χ2n) is 4.16. The van der Waals surface area contributed by atoms with Crippen LogP contribution in [0.25, 0.3) is 0 Å².